The highest BCUT2D eigenvalue weighted by Crippen LogP contribution is 2.49. The number of hydrogen-bond donors (Lipinski definition) is 0. The lowest BCUT2D eigenvalue weighted by atomic mass is 10.0. The van der Waals surface area contributed by atoms with Crippen LogP contribution in [0.1, 0.15) is 40.0 Å². The number of hydrogen-bond acceptors (Lipinski definition) is 2. The van der Waals surface area contributed by atoms with E-state index in [0.717, 1.165) is 31.7 Å². The van der Waals surface area contributed by atoms with E-state index in [1.54, 1.807) is 0 Å². The van der Waals surface area contributed by atoms with Crippen molar-refractivity contribution in [2.45, 2.75) is 40.0 Å². The number of morpholine rings is 1. The monoisotopic (exact) mass is 199 g/mol. The lowest BCUT2D eigenvalue weighted by molar-refractivity contribution is 0.0280. The molecule has 1 heterocycles. The molecule has 0 aromatic rings. The standard InChI is InChI=1S/C10H19NO.C2H6/c1-2-10(3-4-10)9-11-5-7-12-8-6-11;1-2/h2-9H2,1H3;1-2H3. The molecule has 0 spiro atoms. The van der Waals surface area contributed by atoms with Gasteiger partial charge in [0.2, 0.25) is 0 Å². The van der Waals surface area contributed by atoms with Gasteiger partial charge >= 0.3 is 0 Å². The van der Waals surface area contributed by atoms with Crippen molar-refractivity contribution < 1.29 is 4.74 Å². The Morgan fingerprint density at radius 1 is 1.14 bits per heavy atom. The second-order valence-electron chi connectivity index (χ2n) is 4.24. The van der Waals surface area contributed by atoms with Gasteiger partial charge in [-0.25, -0.2) is 0 Å². The van der Waals surface area contributed by atoms with Crippen LogP contribution in [0.15, 0.2) is 0 Å². The van der Waals surface area contributed by atoms with Crippen LogP contribution in [-0.4, -0.2) is 37.7 Å². The Kier molecular flexibility index (Phi) is 4.90. The molecule has 1 aliphatic carbocycles. The fraction of sp³-hybridized carbons (Fsp3) is 1.00. The molecule has 0 unspecified atom stereocenters. The summed E-state index contributed by atoms with van der Waals surface area (Å²) in [5.74, 6) is 0. The van der Waals surface area contributed by atoms with Gasteiger partial charge in [-0.05, 0) is 24.7 Å². The van der Waals surface area contributed by atoms with Gasteiger partial charge < -0.3 is 4.74 Å². The largest absolute Gasteiger partial charge is 0.379 e. The van der Waals surface area contributed by atoms with Gasteiger partial charge in [0.25, 0.3) is 0 Å². The van der Waals surface area contributed by atoms with Crippen LogP contribution in [0.3, 0.4) is 0 Å². The van der Waals surface area contributed by atoms with Crippen LogP contribution < -0.4 is 0 Å². The highest BCUT2D eigenvalue weighted by Gasteiger charge is 2.41. The van der Waals surface area contributed by atoms with E-state index in [4.69, 9.17) is 4.74 Å². The summed E-state index contributed by atoms with van der Waals surface area (Å²) in [7, 11) is 0. The van der Waals surface area contributed by atoms with E-state index in [0.29, 0.717) is 0 Å². The molecule has 0 atom stereocenters. The summed E-state index contributed by atoms with van der Waals surface area (Å²) in [4.78, 5) is 2.57. The third-order valence-electron chi connectivity index (χ3n) is 3.37. The van der Waals surface area contributed by atoms with Gasteiger partial charge in [0.05, 0.1) is 13.2 Å². The molecule has 0 N–H and O–H groups in total. The molecule has 0 amide bonds. The Balaban J connectivity index is 0.000000461. The third kappa shape index (κ3) is 3.25. The van der Waals surface area contributed by atoms with Crippen molar-refractivity contribution in [3.63, 3.8) is 0 Å². The molecule has 14 heavy (non-hydrogen) atoms. The molecular weight excluding hydrogens is 174 g/mol. The van der Waals surface area contributed by atoms with Crippen molar-refractivity contribution in [2.75, 3.05) is 32.8 Å². The number of ether oxygens (including phenoxy) is 1. The minimum atomic E-state index is 0.720. The van der Waals surface area contributed by atoms with Crippen molar-refractivity contribution >= 4 is 0 Å². The Morgan fingerprint density at radius 3 is 2.14 bits per heavy atom. The van der Waals surface area contributed by atoms with Gasteiger partial charge in [-0.15, -0.1) is 0 Å². The summed E-state index contributed by atoms with van der Waals surface area (Å²) in [6.45, 7) is 11.9. The summed E-state index contributed by atoms with van der Waals surface area (Å²) >= 11 is 0. The van der Waals surface area contributed by atoms with Crippen LogP contribution in [0, 0.1) is 5.41 Å². The molecule has 2 aliphatic rings. The number of nitrogens with zero attached hydrogens (tertiary/aromatic N) is 1. The van der Waals surface area contributed by atoms with Gasteiger partial charge in [0.15, 0.2) is 0 Å². The van der Waals surface area contributed by atoms with E-state index in [-0.39, 0.29) is 0 Å². The maximum absolute atomic E-state index is 5.33. The summed E-state index contributed by atoms with van der Waals surface area (Å²) in [5.41, 5.74) is 0.720. The van der Waals surface area contributed by atoms with Crippen LogP contribution in [0.25, 0.3) is 0 Å². The van der Waals surface area contributed by atoms with Crippen molar-refractivity contribution in [2.24, 2.45) is 5.41 Å². The molecule has 84 valence electrons. The van der Waals surface area contributed by atoms with E-state index < -0.39 is 0 Å². The molecule has 2 nitrogen and oxygen atoms in total. The van der Waals surface area contributed by atoms with E-state index in [9.17, 15) is 0 Å². The van der Waals surface area contributed by atoms with Crippen LogP contribution in [0.5, 0.6) is 0 Å². The topological polar surface area (TPSA) is 12.5 Å². The average molecular weight is 199 g/mol. The molecule has 0 radical (unpaired) electrons. The zero-order chi connectivity index (χ0) is 10.4. The first-order valence-electron chi connectivity index (χ1n) is 6.15. The van der Waals surface area contributed by atoms with Gasteiger partial charge in [0.1, 0.15) is 0 Å². The Bertz CT molecular complexity index is 148. The fourth-order valence-electron chi connectivity index (χ4n) is 2.03. The molecule has 1 saturated heterocycles. The van der Waals surface area contributed by atoms with Crippen LogP contribution in [-0.2, 0) is 4.74 Å². The highest BCUT2D eigenvalue weighted by molar-refractivity contribution is 4.94. The first-order chi connectivity index (χ1) is 6.85. The zero-order valence-electron chi connectivity index (χ0n) is 10.0. The molecule has 2 fully saturated rings. The second-order valence-corrected chi connectivity index (χ2v) is 4.24. The molecule has 2 rings (SSSR count). The van der Waals surface area contributed by atoms with Crippen LogP contribution in [0.4, 0.5) is 0 Å². The van der Waals surface area contributed by atoms with E-state index in [1.165, 1.54) is 25.8 Å². The third-order valence-corrected chi connectivity index (χ3v) is 3.37. The molecule has 0 aromatic heterocycles. The van der Waals surface area contributed by atoms with Gasteiger partial charge in [-0.2, -0.15) is 0 Å². The SMILES string of the molecule is CC.CCC1(CN2CCOCC2)CC1. The Morgan fingerprint density at radius 2 is 1.71 bits per heavy atom. The van der Waals surface area contributed by atoms with Crippen molar-refractivity contribution in [1.82, 2.24) is 4.90 Å². The zero-order valence-corrected chi connectivity index (χ0v) is 10.0. The fourth-order valence-corrected chi connectivity index (χ4v) is 2.03. The summed E-state index contributed by atoms with van der Waals surface area (Å²) < 4.78 is 5.33. The van der Waals surface area contributed by atoms with Gasteiger partial charge in [-0.1, -0.05) is 20.8 Å². The van der Waals surface area contributed by atoms with E-state index in [2.05, 4.69) is 11.8 Å². The van der Waals surface area contributed by atoms with Crippen LogP contribution >= 0.6 is 0 Å². The minimum absolute atomic E-state index is 0.720. The van der Waals surface area contributed by atoms with Crippen molar-refractivity contribution in [1.29, 1.82) is 0 Å². The van der Waals surface area contributed by atoms with E-state index >= 15 is 0 Å². The summed E-state index contributed by atoms with van der Waals surface area (Å²) in [5, 5.41) is 0. The predicted molar refractivity (Wildman–Crippen MR) is 60.6 cm³/mol. The average Bonchev–Trinajstić information content (AvgIpc) is 3.03. The highest BCUT2D eigenvalue weighted by atomic mass is 16.5. The number of rotatable bonds is 3. The molecular formula is C12H25NO. The summed E-state index contributed by atoms with van der Waals surface area (Å²) in [6, 6.07) is 0. The van der Waals surface area contributed by atoms with Gasteiger partial charge in [-0.3, -0.25) is 4.90 Å². The quantitative estimate of drug-likeness (QED) is 0.692. The van der Waals surface area contributed by atoms with Crippen molar-refractivity contribution in [3.8, 4) is 0 Å². The lowest BCUT2D eigenvalue weighted by Gasteiger charge is -2.30. The smallest absolute Gasteiger partial charge is 0.0594 e. The normalized spacial score (nSPS) is 25.1. The second kappa shape index (κ2) is 5.72. The Labute approximate surface area is 88.6 Å². The van der Waals surface area contributed by atoms with E-state index in [1.807, 2.05) is 13.8 Å². The summed E-state index contributed by atoms with van der Waals surface area (Å²) in [6.07, 6.45) is 4.28. The molecule has 1 saturated carbocycles. The van der Waals surface area contributed by atoms with Gasteiger partial charge in [0, 0.05) is 19.6 Å². The molecule has 0 bridgehead atoms. The predicted octanol–water partition coefficient (Wildman–Crippen LogP) is 2.54. The minimum Gasteiger partial charge on any atom is -0.379 e. The molecule has 2 heteroatoms. The Hall–Kier alpha value is -0.0800. The lowest BCUT2D eigenvalue weighted by Crippen LogP contribution is -2.39. The van der Waals surface area contributed by atoms with Crippen LogP contribution in [0.2, 0.25) is 0 Å². The molecule has 1 aliphatic heterocycles. The molecule has 0 aromatic carbocycles. The van der Waals surface area contributed by atoms with Crippen molar-refractivity contribution in [3.05, 3.63) is 0 Å². The first-order valence-corrected chi connectivity index (χ1v) is 6.15. The maximum atomic E-state index is 5.33. The first kappa shape index (κ1) is 12.0. The maximum Gasteiger partial charge on any atom is 0.0594 e.